The number of nitrogens with two attached hydrogens (primary N) is 1. The second-order valence-corrected chi connectivity index (χ2v) is 8.86. The zero-order valence-electron chi connectivity index (χ0n) is 20.8. The van der Waals surface area contributed by atoms with Gasteiger partial charge in [-0.15, -0.1) is 5.10 Å². The summed E-state index contributed by atoms with van der Waals surface area (Å²) in [5.74, 6) is -1.92. The van der Waals surface area contributed by atoms with E-state index in [2.05, 4.69) is 10.3 Å². The van der Waals surface area contributed by atoms with Crippen LogP contribution in [0.1, 0.15) is 31.8 Å². The number of hydrogen-bond donors (Lipinski definition) is 2. The van der Waals surface area contributed by atoms with Crippen molar-refractivity contribution in [2.24, 2.45) is 5.73 Å². The van der Waals surface area contributed by atoms with Gasteiger partial charge in [0.05, 0.1) is 22.3 Å². The molecule has 4 aromatic carbocycles. The summed E-state index contributed by atoms with van der Waals surface area (Å²) < 4.78 is 6.87. The molecule has 0 unspecified atom stereocenters. The van der Waals surface area contributed by atoms with Gasteiger partial charge in [-0.05, 0) is 55.3 Å². The van der Waals surface area contributed by atoms with Gasteiger partial charge in [-0.1, -0.05) is 41.6 Å². The van der Waals surface area contributed by atoms with Gasteiger partial charge in [-0.3, -0.25) is 9.69 Å². The third kappa shape index (κ3) is 4.07. The number of fused-ring (bicyclic) bond motifs is 2. The molecule has 5 rings (SSSR count). The Bertz CT molecular complexity index is 1780. The Labute approximate surface area is 216 Å². The van der Waals surface area contributed by atoms with Gasteiger partial charge in [0, 0.05) is 17.8 Å². The van der Waals surface area contributed by atoms with E-state index < -0.39 is 17.9 Å². The lowest BCUT2D eigenvalue weighted by Gasteiger charge is -2.20. The second kappa shape index (κ2) is 9.32. The molecule has 0 fully saturated rings. The van der Waals surface area contributed by atoms with Crippen LogP contribution in [0.2, 0.25) is 0 Å². The number of esters is 1. The largest absolute Gasteiger partial charge is 0.506 e. The summed E-state index contributed by atoms with van der Waals surface area (Å²) in [6.07, 6.45) is 0. The molecule has 3 N–H and O–H groups in total. The number of aromatic nitrogens is 3. The minimum absolute atomic E-state index is 0.0362. The van der Waals surface area contributed by atoms with Gasteiger partial charge in [0.1, 0.15) is 17.0 Å². The van der Waals surface area contributed by atoms with Crippen LogP contribution in [0.25, 0.3) is 21.8 Å². The van der Waals surface area contributed by atoms with Crippen molar-refractivity contribution in [1.29, 1.82) is 0 Å². The highest BCUT2D eigenvalue weighted by atomic mass is 16.5. The van der Waals surface area contributed by atoms with Crippen molar-refractivity contribution in [3.05, 3.63) is 89.0 Å². The van der Waals surface area contributed by atoms with E-state index in [1.807, 2.05) is 26.0 Å². The van der Waals surface area contributed by atoms with Crippen LogP contribution in [0.5, 0.6) is 11.5 Å². The van der Waals surface area contributed by atoms with E-state index in [1.54, 1.807) is 42.5 Å². The first-order chi connectivity index (χ1) is 18.2. The predicted molar refractivity (Wildman–Crippen MR) is 142 cm³/mol. The summed E-state index contributed by atoms with van der Waals surface area (Å²) in [6, 6.07) is 17.4. The maximum Gasteiger partial charge on any atom is 0.350 e. The molecule has 38 heavy (non-hydrogen) atoms. The number of primary amides is 1. The fraction of sp³-hybridized carbons (Fsp3) is 0.107. The molecule has 0 saturated carbocycles. The molecule has 2 amide bonds. The highest BCUT2D eigenvalue weighted by Crippen LogP contribution is 2.36. The van der Waals surface area contributed by atoms with Gasteiger partial charge in [0.15, 0.2) is 0 Å². The average Bonchev–Trinajstić information content (AvgIpc) is 3.31. The molecule has 0 spiro atoms. The molecule has 0 radical (unpaired) electrons. The number of amides is 2. The van der Waals surface area contributed by atoms with Crippen molar-refractivity contribution in [3.63, 3.8) is 0 Å². The fourth-order valence-corrected chi connectivity index (χ4v) is 4.26. The summed E-state index contributed by atoms with van der Waals surface area (Å²) in [7, 11) is 1.52. The van der Waals surface area contributed by atoms with E-state index in [0.29, 0.717) is 21.8 Å². The number of hydrogen-bond acceptors (Lipinski definition) is 7. The number of phenols is 1. The number of rotatable bonds is 4. The highest BCUT2D eigenvalue weighted by molar-refractivity contribution is 6.08. The highest BCUT2D eigenvalue weighted by Gasteiger charge is 2.25. The lowest BCUT2D eigenvalue weighted by Crippen LogP contribution is -2.33. The van der Waals surface area contributed by atoms with E-state index in [-0.39, 0.29) is 28.3 Å². The number of nitrogens with zero attached hydrogens (tertiary/aromatic N) is 4. The van der Waals surface area contributed by atoms with Crippen LogP contribution in [0.15, 0.2) is 66.7 Å². The topological polar surface area (TPSA) is 141 Å². The van der Waals surface area contributed by atoms with Crippen molar-refractivity contribution >= 4 is 45.4 Å². The first-order valence-electron chi connectivity index (χ1n) is 11.6. The van der Waals surface area contributed by atoms with Crippen LogP contribution in [0, 0.1) is 13.8 Å². The third-order valence-electron chi connectivity index (χ3n) is 6.46. The van der Waals surface area contributed by atoms with Crippen LogP contribution in [-0.4, -0.2) is 45.1 Å². The number of aryl methyl sites for hydroxylation is 2. The van der Waals surface area contributed by atoms with Crippen LogP contribution >= 0.6 is 0 Å². The molecule has 190 valence electrons. The lowest BCUT2D eigenvalue weighted by molar-refractivity contribution is 0.0736. The van der Waals surface area contributed by atoms with Gasteiger partial charge in [0.2, 0.25) is 0 Å². The van der Waals surface area contributed by atoms with Crippen LogP contribution in [0.3, 0.4) is 0 Å². The number of ether oxygens (including phenoxy) is 1. The summed E-state index contributed by atoms with van der Waals surface area (Å²) in [5, 5.41) is 19.3. The molecular formula is C28H23N5O5. The number of carbonyl (C=O) groups excluding carboxylic acids is 3. The minimum atomic E-state index is -0.873. The van der Waals surface area contributed by atoms with Gasteiger partial charge < -0.3 is 15.6 Å². The van der Waals surface area contributed by atoms with Crippen molar-refractivity contribution in [3.8, 4) is 11.5 Å². The Hall–Kier alpha value is -5.25. The molecule has 10 heteroatoms. The summed E-state index contributed by atoms with van der Waals surface area (Å²) in [6.45, 7) is 3.88. The molecule has 1 heterocycles. The van der Waals surface area contributed by atoms with Gasteiger partial charge in [-0.2, -0.15) is 4.68 Å². The molecule has 0 aliphatic rings. The van der Waals surface area contributed by atoms with E-state index in [0.717, 1.165) is 11.1 Å². The number of benzene rings is 4. The van der Waals surface area contributed by atoms with Crippen molar-refractivity contribution in [2.45, 2.75) is 13.8 Å². The number of anilines is 1. The summed E-state index contributed by atoms with van der Waals surface area (Å²) in [4.78, 5) is 40.0. The Morgan fingerprint density at radius 3 is 2.32 bits per heavy atom. The molecule has 0 bridgehead atoms. The molecule has 0 aliphatic carbocycles. The second-order valence-electron chi connectivity index (χ2n) is 8.86. The molecule has 10 nitrogen and oxygen atoms in total. The normalized spacial score (nSPS) is 11.0. The summed E-state index contributed by atoms with van der Waals surface area (Å²) in [5.41, 5.74) is 8.73. The minimum Gasteiger partial charge on any atom is -0.506 e. The third-order valence-corrected chi connectivity index (χ3v) is 6.46. The zero-order valence-corrected chi connectivity index (χ0v) is 20.8. The van der Waals surface area contributed by atoms with E-state index in [9.17, 15) is 19.5 Å². The van der Waals surface area contributed by atoms with E-state index in [1.165, 1.54) is 28.8 Å². The van der Waals surface area contributed by atoms with Gasteiger partial charge >= 0.3 is 12.0 Å². The van der Waals surface area contributed by atoms with E-state index in [4.69, 9.17) is 10.5 Å². The Balaban J connectivity index is 1.52. The monoisotopic (exact) mass is 509 g/mol. The van der Waals surface area contributed by atoms with E-state index >= 15 is 0 Å². The smallest absolute Gasteiger partial charge is 0.350 e. The zero-order chi connectivity index (χ0) is 27.1. The van der Waals surface area contributed by atoms with Crippen LogP contribution in [-0.2, 0) is 0 Å². The lowest BCUT2D eigenvalue weighted by atomic mass is 10.0. The van der Waals surface area contributed by atoms with Crippen LogP contribution < -0.4 is 15.4 Å². The fourth-order valence-electron chi connectivity index (χ4n) is 4.26. The first kappa shape index (κ1) is 24.4. The molecular weight excluding hydrogens is 486 g/mol. The maximum absolute atomic E-state index is 13.4. The SMILES string of the molecule is Cc1cc2nnn(C(=O)N(C)c3ccccc3C(=O)Oc3cc(C(N)=O)c(O)c4ccccc34)c2cc1C. The number of carbonyl (C=O) groups is 3. The Morgan fingerprint density at radius 2 is 1.58 bits per heavy atom. The first-order valence-corrected chi connectivity index (χ1v) is 11.6. The van der Waals surface area contributed by atoms with Gasteiger partial charge in [-0.25, -0.2) is 9.59 Å². The molecule has 0 saturated heterocycles. The molecule has 1 aromatic heterocycles. The number of aromatic hydroxyl groups is 1. The van der Waals surface area contributed by atoms with Crippen molar-refractivity contribution in [1.82, 2.24) is 15.0 Å². The molecule has 5 aromatic rings. The Morgan fingerprint density at radius 1 is 0.921 bits per heavy atom. The van der Waals surface area contributed by atoms with Crippen molar-refractivity contribution < 1.29 is 24.2 Å². The maximum atomic E-state index is 13.4. The van der Waals surface area contributed by atoms with Gasteiger partial charge in [0.25, 0.3) is 5.91 Å². The van der Waals surface area contributed by atoms with Crippen LogP contribution in [0.4, 0.5) is 10.5 Å². The summed E-state index contributed by atoms with van der Waals surface area (Å²) >= 11 is 0. The quantitative estimate of drug-likeness (QED) is 0.271. The molecule has 0 atom stereocenters. The predicted octanol–water partition coefficient (Wildman–Crippen LogP) is 4.33. The molecule has 0 aliphatic heterocycles. The Kier molecular flexibility index (Phi) is 6.00. The average molecular weight is 510 g/mol. The van der Waals surface area contributed by atoms with Crippen molar-refractivity contribution in [2.75, 3.05) is 11.9 Å². The standard InChI is InChI=1S/C28H23N5O5/c1-15-12-21-23(13-16(15)2)33(31-30-21)28(37)32(3)22-11-7-6-10-19(22)27(36)38-24-14-20(26(29)35)25(34)18-9-5-4-8-17(18)24/h4-14,34H,1-3H3,(H2,29,35). The number of para-hydroxylation sites is 1.